The predicted molar refractivity (Wildman–Crippen MR) is 83.8 cm³/mol. The maximum atomic E-state index is 13.4. The van der Waals surface area contributed by atoms with Gasteiger partial charge in [-0.25, -0.2) is 4.39 Å². The van der Waals surface area contributed by atoms with Gasteiger partial charge < -0.3 is 15.2 Å². The van der Waals surface area contributed by atoms with E-state index in [0.29, 0.717) is 24.4 Å². The van der Waals surface area contributed by atoms with E-state index in [2.05, 4.69) is 21.2 Å². The third-order valence-electron chi connectivity index (χ3n) is 2.89. The summed E-state index contributed by atoms with van der Waals surface area (Å²) in [6.45, 7) is 0.893. The molecule has 2 aromatic carbocycles. The van der Waals surface area contributed by atoms with Gasteiger partial charge in [0.1, 0.15) is 24.3 Å². The van der Waals surface area contributed by atoms with Gasteiger partial charge in [0.15, 0.2) is 0 Å². The van der Waals surface area contributed by atoms with Crippen LogP contribution in [0, 0.1) is 5.82 Å². The van der Waals surface area contributed by atoms with Crippen molar-refractivity contribution < 1.29 is 14.2 Å². The molecule has 0 saturated carbocycles. The van der Waals surface area contributed by atoms with Crippen LogP contribution >= 0.6 is 15.9 Å². The van der Waals surface area contributed by atoms with Crippen LogP contribution in [0.25, 0.3) is 0 Å². The Labute approximate surface area is 131 Å². The third kappa shape index (κ3) is 5.46. The quantitative estimate of drug-likeness (QED) is 0.803. The number of hydrogen-bond donors (Lipinski definition) is 2. The first kappa shape index (κ1) is 15.9. The van der Waals surface area contributed by atoms with Crippen LogP contribution in [-0.4, -0.2) is 24.4 Å². The molecule has 21 heavy (non-hydrogen) atoms. The molecule has 1 atom stereocenters. The Bertz CT molecular complexity index is 580. The molecule has 1 unspecified atom stereocenters. The molecule has 0 aliphatic heterocycles. The van der Waals surface area contributed by atoms with E-state index in [9.17, 15) is 9.50 Å². The van der Waals surface area contributed by atoms with Crippen molar-refractivity contribution >= 4 is 15.9 Å². The summed E-state index contributed by atoms with van der Waals surface area (Å²) in [6.07, 6.45) is -0.657. The average Bonchev–Trinajstić information content (AvgIpc) is 2.47. The molecule has 3 nitrogen and oxygen atoms in total. The molecule has 2 rings (SSSR count). The smallest absolute Gasteiger partial charge is 0.127 e. The van der Waals surface area contributed by atoms with Crippen molar-refractivity contribution in [2.75, 3.05) is 13.2 Å². The van der Waals surface area contributed by atoms with Gasteiger partial charge in [-0.15, -0.1) is 0 Å². The zero-order valence-corrected chi connectivity index (χ0v) is 13.0. The van der Waals surface area contributed by atoms with E-state index in [0.717, 1.165) is 4.47 Å². The lowest BCUT2D eigenvalue weighted by Gasteiger charge is -2.13. The van der Waals surface area contributed by atoms with Crippen LogP contribution in [-0.2, 0) is 6.54 Å². The van der Waals surface area contributed by atoms with Gasteiger partial charge in [-0.3, -0.25) is 0 Å². The number of ether oxygens (including phenoxy) is 1. The van der Waals surface area contributed by atoms with Crippen molar-refractivity contribution in [2.24, 2.45) is 0 Å². The lowest BCUT2D eigenvalue weighted by Crippen LogP contribution is -2.31. The Morgan fingerprint density at radius 3 is 2.76 bits per heavy atom. The van der Waals surface area contributed by atoms with E-state index in [4.69, 9.17) is 4.74 Å². The molecule has 5 heteroatoms. The second kappa shape index (κ2) is 8.12. The van der Waals surface area contributed by atoms with Gasteiger partial charge in [-0.2, -0.15) is 0 Å². The van der Waals surface area contributed by atoms with Crippen LogP contribution in [0.15, 0.2) is 53.0 Å². The molecule has 0 radical (unpaired) electrons. The van der Waals surface area contributed by atoms with Crippen molar-refractivity contribution in [2.45, 2.75) is 12.6 Å². The average molecular weight is 354 g/mol. The molecule has 0 aliphatic carbocycles. The predicted octanol–water partition coefficient (Wildman–Crippen LogP) is 3.12. The highest BCUT2D eigenvalue weighted by molar-refractivity contribution is 9.10. The molecular formula is C16H17BrFNO2. The molecular weight excluding hydrogens is 337 g/mol. The highest BCUT2D eigenvalue weighted by Crippen LogP contribution is 2.17. The summed E-state index contributed by atoms with van der Waals surface area (Å²) in [5.74, 6) is 0.447. The van der Waals surface area contributed by atoms with E-state index < -0.39 is 6.10 Å². The van der Waals surface area contributed by atoms with Crippen LogP contribution in [0.3, 0.4) is 0 Å². The zero-order chi connectivity index (χ0) is 15.1. The number of aliphatic hydroxyl groups is 1. The first-order chi connectivity index (χ1) is 10.1. The summed E-state index contributed by atoms with van der Waals surface area (Å²) in [5.41, 5.74) is 0.581. The number of halogens is 2. The Balaban J connectivity index is 1.70. The minimum atomic E-state index is -0.657. The van der Waals surface area contributed by atoms with Gasteiger partial charge in [-0.1, -0.05) is 40.2 Å². The Kier molecular flexibility index (Phi) is 6.17. The fourth-order valence-electron chi connectivity index (χ4n) is 1.82. The summed E-state index contributed by atoms with van der Waals surface area (Å²) in [5, 5.41) is 12.8. The van der Waals surface area contributed by atoms with Crippen molar-refractivity contribution in [3.63, 3.8) is 0 Å². The van der Waals surface area contributed by atoms with Gasteiger partial charge in [0.05, 0.1) is 0 Å². The Morgan fingerprint density at radius 1 is 1.19 bits per heavy atom. The van der Waals surface area contributed by atoms with Crippen LogP contribution in [0.2, 0.25) is 0 Å². The van der Waals surface area contributed by atoms with Gasteiger partial charge in [0, 0.05) is 23.1 Å². The van der Waals surface area contributed by atoms with Crippen LogP contribution in [0.4, 0.5) is 4.39 Å². The minimum Gasteiger partial charge on any atom is -0.491 e. The SMILES string of the molecule is OC(CNCc1ccccc1F)COc1cccc(Br)c1. The van der Waals surface area contributed by atoms with Crippen LogP contribution < -0.4 is 10.1 Å². The zero-order valence-electron chi connectivity index (χ0n) is 11.4. The van der Waals surface area contributed by atoms with E-state index in [1.54, 1.807) is 18.2 Å². The van der Waals surface area contributed by atoms with E-state index in [-0.39, 0.29) is 12.4 Å². The van der Waals surface area contributed by atoms with Gasteiger partial charge >= 0.3 is 0 Å². The summed E-state index contributed by atoms with van der Waals surface area (Å²) in [4.78, 5) is 0. The van der Waals surface area contributed by atoms with Gasteiger partial charge in [0.25, 0.3) is 0 Å². The van der Waals surface area contributed by atoms with E-state index in [1.165, 1.54) is 6.07 Å². The summed E-state index contributed by atoms with van der Waals surface area (Å²) in [6, 6.07) is 14.0. The number of aliphatic hydroxyl groups excluding tert-OH is 1. The monoisotopic (exact) mass is 353 g/mol. The lowest BCUT2D eigenvalue weighted by molar-refractivity contribution is 0.106. The largest absolute Gasteiger partial charge is 0.491 e. The summed E-state index contributed by atoms with van der Waals surface area (Å²) < 4.78 is 19.8. The maximum absolute atomic E-state index is 13.4. The minimum absolute atomic E-state index is 0.181. The topological polar surface area (TPSA) is 41.5 Å². The Morgan fingerprint density at radius 2 is 2.00 bits per heavy atom. The highest BCUT2D eigenvalue weighted by Gasteiger charge is 2.06. The fourth-order valence-corrected chi connectivity index (χ4v) is 2.20. The van der Waals surface area contributed by atoms with Crippen LogP contribution in [0.1, 0.15) is 5.56 Å². The second-order valence-electron chi connectivity index (χ2n) is 4.64. The first-order valence-corrected chi connectivity index (χ1v) is 7.45. The van der Waals surface area contributed by atoms with Crippen molar-refractivity contribution in [1.29, 1.82) is 0 Å². The number of hydrogen-bond acceptors (Lipinski definition) is 3. The third-order valence-corrected chi connectivity index (χ3v) is 3.38. The Hall–Kier alpha value is -1.43. The molecule has 0 fully saturated rings. The molecule has 0 heterocycles. The van der Waals surface area contributed by atoms with Gasteiger partial charge in [-0.05, 0) is 24.3 Å². The van der Waals surface area contributed by atoms with Crippen molar-refractivity contribution in [3.05, 3.63) is 64.4 Å². The fraction of sp³-hybridized carbons (Fsp3) is 0.250. The molecule has 2 aromatic rings. The number of nitrogens with one attached hydrogen (secondary N) is 1. The molecule has 0 aliphatic rings. The van der Waals surface area contributed by atoms with Crippen molar-refractivity contribution in [1.82, 2.24) is 5.32 Å². The van der Waals surface area contributed by atoms with E-state index in [1.807, 2.05) is 24.3 Å². The molecule has 0 saturated heterocycles. The van der Waals surface area contributed by atoms with Crippen LogP contribution in [0.5, 0.6) is 5.75 Å². The maximum Gasteiger partial charge on any atom is 0.127 e. The van der Waals surface area contributed by atoms with E-state index >= 15 is 0 Å². The lowest BCUT2D eigenvalue weighted by atomic mass is 10.2. The number of rotatable bonds is 7. The van der Waals surface area contributed by atoms with Crippen molar-refractivity contribution in [3.8, 4) is 5.75 Å². The molecule has 0 aromatic heterocycles. The highest BCUT2D eigenvalue weighted by atomic mass is 79.9. The molecule has 0 spiro atoms. The second-order valence-corrected chi connectivity index (χ2v) is 5.56. The molecule has 2 N–H and O–H groups in total. The van der Waals surface area contributed by atoms with Gasteiger partial charge in [0.2, 0.25) is 0 Å². The molecule has 0 amide bonds. The molecule has 0 bridgehead atoms. The summed E-state index contributed by atoms with van der Waals surface area (Å²) >= 11 is 3.35. The standard InChI is InChI=1S/C16H17BrFNO2/c17-13-5-3-6-15(8-13)21-11-14(20)10-19-9-12-4-1-2-7-16(12)18/h1-8,14,19-20H,9-11H2. The normalized spacial score (nSPS) is 12.1. The summed E-state index contributed by atoms with van der Waals surface area (Å²) in [7, 11) is 0. The first-order valence-electron chi connectivity index (χ1n) is 6.65. The molecule has 112 valence electrons. The number of benzene rings is 2.